The molecule has 4 aliphatic carbocycles. The fourth-order valence-corrected chi connectivity index (χ4v) is 10.1. The zero-order valence-electron chi connectivity index (χ0n) is 16.8. The van der Waals surface area contributed by atoms with Crippen LogP contribution < -0.4 is 4.86 Å². The first-order valence-corrected chi connectivity index (χ1v) is 14.3. The summed E-state index contributed by atoms with van der Waals surface area (Å²) >= 11 is 22.2. The molecule has 0 aromatic rings. The van der Waals surface area contributed by atoms with Gasteiger partial charge in [-0.05, 0) is 45.6 Å². The number of thiocarbonyl (C=S) groups is 4. The van der Waals surface area contributed by atoms with Gasteiger partial charge in [0.2, 0.25) is 0 Å². The van der Waals surface area contributed by atoms with Crippen molar-refractivity contribution in [3.63, 3.8) is 0 Å². The molecule has 0 saturated heterocycles. The third-order valence-electron chi connectivity index (χ3n) is 4.90. The van der Waals surface area contributed by atoms with Crippen molar-refractivity contribution in [2.75, 3.05) is 0 Å². The number of nitrogens with one attached hydrogen (secondary N) is 1. The SMILES string of the molecule is S=C1C=C(P(NP(C2=CC(=S)CC=C2)C2=CC(=S)CC=C2)C2=CC(=S)CC=C2)C=CC1. The van der Waals surface area contributed by atoms with E-state index in [0.717, 1.165) is 45.1 Å². The summed E-state index contributed by atoms with van der Waals surface area (Å²) in [6.45, 7) is 0. The largest absolute Gasteiger partial charge is 0.259 e. The Morgan fingerprint density at radius 3 is 0.968 bits per heavy atom. The Morgan fingerprint density at radius 2 is 0.742 bits per heavy atom. The first-order valence-electron chi connectivity index (χ1n) is 10.0. The van der Waals surface area contributed by atoms with Gasteiger partial charge in [-0.1, -0.05) is 97.5 Å². The lowest BCUT2D eigenvalue weighted by atomic mass is 10.2. The van der Waals surface area contributed by atoms with Crippen molar-refractivity contribution < 1.29 is 0 Å². The Balaban J connectivity index is 1.77. The molecule has 7 heteroatoms. The molecule has 0 aliphatic heterocycles. The van der Waals surface area contributed by atoms with Crippen LogP contribution >= 0.6 is 65.0 Å². The highest BCUT2D eigenvalue weighted by atomic mass is 32.1. The van der Waals surface area contributed by atoms with Crippen LogP contribution in [0.25, 0.3) is 0 Å². The minimum absolute atomic E-state index is 0.828. The molecule has 4 aliphatic rings. The van der Waals surface area contributed by atoms with Crippen LogP contribution in [0.5, 0.6) is 0 Å². The van der Waals surface area contributed by atoms with Crippen molar-refractivity contribution in [3.05, 3.63) is 94.2 Å². The van der Waals surface area contributed by atoms with Gasteiger partial charge in [-0.3, -0.25) is 4.86 Å². The van der Waals surface area contributed by atoms with Crippen molar-refractivity contribution in [2.45, 2.75) is 25.7 Å². The van der Waals surface area contributed by atoms with E-state index in [1.165, 1.54) is 21.3 Å². The Morgan fingerprint density at radius 1 is 0.484 bits per heavy atom. The summed E-state index contributed by atoms with van der Waals surface area (Å²) in [5.74, 6) is 0. The zero-order valence-corrected chi connectivity index (χ0v) is 21.8. The molecule has 0 bridgehead atoms. The molecule has 0 aromatic carbocycles. The quantitative estimate of drug-likeness (QED) is 0.283. The molecule has 0 radical (unpaired) electrons. The normalized spacial score (nSPS) is 21.0. The average Bonchev–Trinajstić information content (AvgIpc) is 2.74. The Bertz CT molecular complexity index is 929. The number of hydrogen-bond acceptors (Lipinski definition) is 5. The summed E-state index contributed by atoms with van der Waals surface area (Å²) < 4.78 is 0. The van der Waals surface area contributed by atoms with E-state index >= 15 is 0 Å². The predicted octanol–water partition coefficient (Wildman–Crippen LogP) is 8.22. The highest BCUT2D eigenvalue weighted by Gasteiger charge is 2.27. The third-order valence-corrected chi connectivity index (χ3v) is 10.8. The van der Waals surface area contributed by atoms with E-state index in [9.17, 15) is 0 Å². The molecule has 0 fully saturated rings. The van der Waals surface area contributed by atoms with E-state index < -0.39 is 16.1 Å². The van der Waals surface area contributed by atoms with Crippen molar-refractivity contribution in [3.8, 4) is 0 Å². The lowest BCUT2D eigenvalue weighted by Crippen LogP contribution is -2.11. The molecule has 0 unspecified atom stereocenters. The molecule has 156 valence electrons. The zero-order chi connectivity index (χ0) is 21.8. The predicted molar refractivity (Wildman–Crippen MR) is 155 cm³/mol. The molecule has 0 atom stereocenters. The van der Waals surface area contributed by atoms with Crippen LogP contribution in [-0.4, -0.2) is 19.5 Å². The minimum Gasteiger partial charge on any atom is -0.259 e. The van der Waals surface area contributed by atoms with Crippen LogP contribution in [0.1, 0.15) is 25.7 Å². The lowest BCUT2D eigenvalue weighted by Gasteiger charge is -2.32. The number of hydrogen-bond donors (Lipinski definition) is 1. The van der Waals surface area contributed by atoms with E-state index in [0.29, 0.717) is 0 Å². The van der Waals surface area contributed by atoms with Crippen LogP contribution in [-0.2, 0) is 0 Å². The van der Waals surface area contributed by atoms with Gasteiger partial charge < -0.3 is 0 Å². The summed E-state index contributed by atoms with van der Waals surface area (Å²) in [4.78, 5) is 7.90. The smallest absolute Gasteiger partial charge is 0.0295 e. The van der Waals surface area contributed by atoms with Gasteiger partial charge in [0.25, 0.3) is 0 Å². The maximum absolute atomic E-state index is 5.54. The Kier molecular flexibility index (Phi) is 8.11. The molecule has 0 heterocycles. The standard InChI is InChI=1S/C24H21NP2S4/c28-21-9-1-5-17(13-21)26(18-6-2-10-22(29)14-18)25-27(19-7-3-11-23(30)15-19)20-8-4-12-24(31)16-20/h1-8,13-16,25H,9-12H2. The molecular weight excluding hydrogens is 492 g/mol. The van der Waals surface area contributed by atoms with Crippen molar-refractivity contribution in [1.82, 2.24) is 4.86 Å². The maximum atomic E-state index is 5.54. The highest BCUT2D eigenvalue weighted by molar-refractivity contribution is 7.83. The second kappa shape index (κ2) is 10.8. The minimum atomic E-state index is -0.851. The van der Waals surface area contributed by atoms with Gasteiger partial charge in [0.1, 0.15) is 0 Å². The molecule has 0 amide bonds. The Labute approximate surface area is 208 Å². The summed E-state index contributed by atoms with van der Waals surface area (Å²) in [6.07, 6.45) is 29.4. The van der Waals surface area contributed by atoms with Crippen molar-refractivity contribution >= 4 is 84.5 Å². The van der Waals surface area contributed by atoms with E-state index in [2.05, 4.69) is 77.8 Å². The van der Waals surface area contributed by atoms with Gasteiger partial charge in [-0.2, -0.15) is 0 Å². The van der Waals surface area contributed by atoms with Gasteiger partial charge in [-0.15, -0.1) is 0 Å². The monoisotopic (exact) mass is 513 g/mol. The first-order chi connectivity index (χ1) is 15.0. The molecule has 4 rings (SSSR count). The Hall–Kier alpha value is -0.900. The summed E-state index contributed by atoms with van der Waals surface area (Å²) in [7, 11) is -1.70. The second-order valence-electron chi connectivity index (χ2n) is 7.34. The molecule has 0 aromatic heterocycles. The molecule has 1 nitrogen and oxygen atoms in total. The summed E-state index contributed by atoms with van der Waals surface area (Å²) in [5.41, 5.74) is 0. The number of rotatable bonds is 6. The van der Waals surface area contributed by atoms with E-state index in [1.54, 1.807) is 0 Å². The summed E-state index contributed by atoms with van der Waals surface area (Å²) in [6, 6.07) is 0. The van der Waals surface area contributed by atoms with Gasteiger partial charge in [0.15, 0.2) is 0 Å². The van der Waals surface area contributed by atoms with Crippen LogP contribution in [0.4, 0.5) is 0 Å². The fraction of sp³-hybridized carbons (Fsp3) is 0.167. The summed E-state index contributed by atoms with van der Waals surface area (Å²) in [5, 5.41) is 4.91. The first kappa shape index (κ1) is 23.3. The van der Waals surface area contributed by atoms with Gasteiger partial charge >= 0.3 is 0 Å². The number of allylic oxidation sites excluding steroid dienone is 16. The molecule has 1 N–H and O–H groups in total. The highest BCUT2D eigenvalue weighted by Crippen LogP contribution is 2.63. The van der Waals surface area contributed by atoms with Crippen LogP contribution in [0.3, 0.4) is 0 Å². The molecule has 0 spiro atoms. The van der Waals surface area contributed by atoms with Crippen LogP contribution in [0.2, 0.25) is 0 Å². The molecule has 0 saturated carbocycles. The average molecular weight is 514 g/mol. The van der Waals surface area contributed by atoms with E-state index in [1.807, 2.05) is 0 Å². The molecule has 31 heavy (non-hydrogen) atoms. The fourth-order valence-electron chi connectivity index (χ4n) is 3.46. The van der Waals surface area contributed by atoms with Gasteiger partial charge in [0, 0.05) is 61.3 Å². The third kappa shape index (κ3) is 6.12. The van der Waals surface area contributed by atoms with Gasteiger partial charge in [0.05, 0.1) is 0 Å². The maximum Gasteiger partial charge on any atom is 0.0295 e. The van der Waals surface area contributed by atoms with Crippen LogP contribution in [0.15, 0.2) is 94.2 Å². The second-order valence-corrected chi connectivity index (χ2v) is 13.6. The molecular formula is C24H21NP2S4. The topological polar surface area (TPSA) is 12.0 Å². The van der Waals surface area contributed by atoms with Gasteiger partial charge in [-0.25, -0.2) is 0 Å². The van der Waals surface area contributed by atoms with Crippen LogP contribution in [0, 0.1) is 0 Å². The van der Waals surface area contributed by atoms with E-state index in [-0.39, 0.29) is 0 Å². The van der Waals surface area contributed by atoms with Crippen molar-refractivity contribution in [2.24, 2.45) is 0 Å². The lowest BCUT2D eigenvalue weighted by molar-refractivity contribution is 1.45. The van der Waals surface area contributed by atoms with Crippen molar-refractivity contribution in [1.29, 1.82) is 0 Å². The van der Waals surface area contributed by atoms with E-state index in [4.69, 9.17) is 48.9 Å².